The van der Waals surface area contributed by atoms with E-state index in [1.165, 1.54) is 33.3 Å². The van der Waals surface area contributed by atoms with Crippen LogP contribution in [0, 0.1) is 0 Å². The molecule has 0 radical (unpaired) electrons. The number of hydrogen-bond acceptors (Lipinski definition) is 8. The van der Waals surface area contributed by atoms with Gasteiger partial charge < -0.3 is 25.4 Å². The van der Waals surface area contributed by atoms with Crippen LogP contribution in [0.1, 0.15) is 22.8 Å². The quantitative estimate of drug-likeness (QED) is 0.266. The number of anilines is 1. The van der Waals surface area contributed by atoms with Crippen molar-refractivity contribution in [3.63, 3.8) is 0 Å². The normalized spacial score (nSPS) is 16.2. The van der Waals surface area contributed by atoms with E-state index in [0.29, 0.717) is 58.6 Å². The SMILES string of the molecule is COc1nc(-c2cccc(-c3cccc(NC(=O)c4ccnn(C)c4=O)c3Cl)c2Cl)ccc1CN[C@@H]1CN(C(C)=O)C[C@@H]1O. The van der Waals surface area contributed by atoms with Crippen LogP contribution in [0.4, 0.5) is 5.69 Å². The lowest BCUT2D eigenvalue weighted by Gasteiger charge is -2.18. The van der Waals surface area contributed by atoms with Crippen LogP contribution in [-0.2, 0) is 18.4 Å². The molecule has 0 saturated carbocycles. The highest BCUT2D eigenvalue weighted by atomic mass is 35.5. The van der Waals surface area contributed by atoms with E-state index in [-0.39, 0.29) is 22.5 Å². The van der Waals surface area contributed by atoms with Crippen LogP contribution in [0.25, 0.3) is 22.4 Å². The number of aryl methyl sites for hydroxylation is 1. The average Bonchev–Trinajstić information content (AvgIpc) is 3.39. The zero-order valence-electron chi connectivity index (χ0n) is 24.2. The van der Waals surface area contributed by atoms with Crippen molar-refractivity contribution in [3.05, 3.63) is 92.3 Å². The zero-order chi connectivity index (χ0) is 31.5. The maximum Gasteiger partial charge on any atom is 0.279 e. The van der Waals surface area contributed by atoms with Crippen molar-refractivity contribution in [2.24, 2.45) is 7.05 Å². The van der Waals surface area contributed by atoms with E-state index in [4.69, 9.17) is 32.9 Å². The molecule has 11 nitrogen and oxygen atoms in total. The Hall–Kier alpha value is -4.29. The van der Waals surface area contributed by atoms with Gasteiger partial charge in [0.05, 0.1) is 40.7 Å². The van der Waals surface area contributed by atoms with E-state index in [9.17, 15) is 19.5 Å². The van der Waals surface area contributed by atoms with E-state index in [1.807, 2.05) is 30.3 Å². The first-order valence-electron chi connectivity index (χ1n) is 13.7. The fraction of sp³-hybridized carbons (Fsp3) is 0.258. The Morgan fingerprint density at radius 1 is 1.02 bits per heavy atom. The summed E-state index contributed by atoms with van der Waals surface area (Å²) in [6.07, 6.45) is 0.703. The third-order valence-electron chi connectivity index (χ3n) is 7.48. The second-order valence-electron chi connectivity index (χ2n) is 10.3. The molecule has 0 spiro atoms. The van der Waals surface area contributed by atoms with Crippen LogP contribution in [0.2, 0.25) is 10.0 Å². The number of rotatable bonds is 8. The number of aromatic nitrogens is 3. The van der Waals surface area contributed by atoms with E-state index in [2.05, 4.69) is 15.7 Å². The number of hydrogen-bond donors (Lipinski definition) is 3. The third-order valence-corrected chi connectivity index (χ3v) is 8.30. The molecule has 5 rings (SSSR count). The molecule has 0 aliphatic carbocycles. The van der Waals surface area contributed by atoms with Crippen LogP contribution in [0.5, 0.6) is 5.88 Å². The van der Waals surface area contributed by atoms with Gasteiger partial charge in [0.1, 0.15) is 5.56 Å². The Morgan fingerprint density at radius 3 is 2.43 bits per heavy atom. The summed E-state index contributed by atoms with van der Waals surface area (Å²) >= 11 is 13.7. The molecule has 3 N–H and O–H groups in total. The number of β-amino-alcohol motifs (C(OH)–C–C–N with tert-alkyl or cyclic N) is 1. The molecule has 2 amide bonds. The van der Waals surface area contributed by atoms with Gasteiger partial charge in [-0.25, -0.2) is 9.67 Å². The highest BCUT2D eigenvalue weighted by Gasteiger charge is 2.32. The number of methoxy groups -OCH3 is 1. The summed E-state index contributed by atoms with van der Waals surface area (Å²) in [5.41, 5.74) is 2.86. The molecular formula is C31H30Cl2N6O5. The lowest BCUT2D eigenvalue weighted by Crippen LogP contribution is -2.38. The van der Waals surface area contributed by atoms with Crippen molar-refractivity contribution in [2.75, 3.05) is 25.5 Å². The number of aliphatic hydroxyl groups is 1. The Labute approximate surface area is 263 Å². The molecular weight excluding hydrogens is 607 g/mol. The predicted molar refractivity (Wildman–Crippen MR) is 168 cm³/mol. The minimum Gasteiger partial charge on any atom is -0.481 e. The van der Waals surface area contributed by atoms with Crippen molar-refractivity contribution in [2.45, 2.75) is 25.6 Å². The van der Waals surface area contributed by atoms with Crippen LogP contribution in [0.3, 0.4) is 0 Å². The summed E-state index contributed by atoms with van der Waals surface area (Å²) in [6.45, 7) is 2.57. The lowest BCUT2D eigenvalue weighted by atomic mass is 10.00. The van der Waals surface area contributed by atoms with Gasteiger partial charge in [-0.2, -0.15) is 5.10 Å². The van der Waals surface area contributed by atoms with Gasteiger partial charge in [0.25, 0.3) is 11.5 Å². The Bertz CT molecular complexity index is 1800. The number of nitrogens with zero attached hydrogens (tertiary/aromatic N) is 4. The highest BCUT2D eigenvalue weighted by Crippen LogP contribution is 2.41. The first-order valence-corrected chi connectivity index (χ1v) is 14.5. The number of carbonyl (C=O) groups is 2. The summed E-state index contributed by atoms with van der Waals surface area (Å²) in [6, 6.07) is 15.4. The van der Waals surface area contributed by atoms with E-state index >= 15 is 0 Å². The number of amides is 2. The number of benzene rings is 2. The summed E-state index contributed by atoms with van der Waals surface area (Å²) < 4.78 is 6.65. The minimum absolute atomic E-state index is 0.0693. The molecule has 1 fully saturated rings. The molecule has 13 heteroatoms. The largest absolute Gasteiger partial charge is 0.481 e. The highest BCUT2D eigenvalue weighted by molar-refractivity contribution is 6.39. The monoisotopic (exact) mass is 636 g/mol. The van der Waals surface area contributed by atoms with Gasteiger partial charge in [-0.3, -0.25) is 14.4 Å². The molecule has 1 saturated heterocycles. The first-order chi connectivity index (χ1) is 21.1. The molecule has 4 aromatic rings. The number of aliphatic hydroxyl groups excluding tert-OH is 1. The van der Waals surface area contributed by atoms with Crippen molar-refractivity contribution >= 4 is 40.7 Å². The standard InChI is InChI=1S/C31H30Cl2N6O5/c1-17(40)39-15-25(26(41)16-39)34-14-18-10-11-23(37-30(18)44-3)21-8-4-6-19(27(21)32)20-7-5-9-24(28(20)33)36-29(42)22-12-13-35-38(2)31(22)43/h4-13,25-26,34,41H,14-16H2,1-3H3,(H,36,42)/t25-,26+/m1/s1. The van der Waals surface area contributed by atoms with Gasteiger partial charge in [0.2, 0.25) is 11.8 Å². The number of carbonyl (C=O) groups excluding carboxylic acids is 2. The first kappa shape index (κ1) is 31.1. The number of ether oxygens (including phenoxy) is 1. The van der Waals surface area contributed by atoms with Crippen LogP contribution in [-0.4, -0.2) is 68.9 Å². The molecule has 2 aromatic heterocycles. The molecule has 2 atom stereocenters. The molecule has 3 heterocycles. The Morgan fingerprint density at radius 2 is 1.73 bits per heavy atom. The molecule has 1 aliphatic rings. The van der Waals surface area contributed by atoms with Gasteiger partial charge in [0.15, 0.2) is 0 Å². The zero-order valence-corrected chi connectivity index (χ0v) is 25.7. The topological polar surface area (TPSA) is 139 Å². The smallest absolute Gasteiger partial charge is 0.279 e. The summed E-state index contributed by atoms with van der Waals surface area (Å²) in [5.74, 6) is -0.306. The number of nitrogens with one attached hydrogen (secondary N) is 2. The Balaban J connectivity index is 1.39. The maximum atomic E-state index is 12.9. The number of pyridine rings is 1. The van der Waals surface area contributed by atoms with E-state index in [0.717, 1.165) is 10.2 Å². The predicted octanol–water partition coefficient (Wildman–Crippen LogP) is 3.76. The minimum atomic E-state index is -0.666. The third kappa shape index (κ3) is 6.31. The fourth-order valence-corrected chi connectivity index (χ4v) is 5.66. The van der Waals surface area contributed by atoms with Gasteiger partial charge in [-0.05, 0) is 18.2 Å². The molecule has 0 bridgehead atoms. The van der Waals surface area contributed by atoms with Crippen LogP contribution >= 0.6 is 23.2 Å². The van der Waals surface area contributed by atoms with Gasteiger partial charge in [-0.15, -0.1) is 0 Å². The van der Waals surface area contributed by atoms with Gasteiger partial charge >= 0.3 is 0 Å². The number of likely N-dealkylation sites (tertiary alicyclic amines) is 1. The average molecular weight is 638 g/mol. The van der Waals surface area contributed by atoms with Crippen molar-refractivity contribution in [1.29, 1.82) is 0 Å². The summed E-state index contributed by atoms with van der Waals surface area (Å²) in [5, 5.41) is 20.8. The van der Waals surface area contributed by atoms with Crippen molar-refractivity contribution in [1.82, 2.24) is 25.0 Å². The second kappa shape index (κ2) is 13.1. The van der Waals surface area contributed by atoms with E-state index in [1.54, 1.807) is 23.1 Å². The lowest BCUT2D eigenvalue weighted by molar-refractivity contribution is -0.128. The molecule has 1 aliphatic heterocycles. The maximum absolute atomic E-state index is 12.9. The summed E-state index contributed by atoms with van der Waals surface area (Å²) in [7, 11) is 2.99. The molecule has 2 aromatic carbocycles. The Kier molecular flexibility index (Phi) is 9.31. The molecule has 0 unspecified atom stereocenters. The van der Waals surface area contributed by atoms with Crippen LogP contribution < -0.4 is 20.9 Å². The van der Waals surface area contributed by atoms with Gasteiger partial charge in [-0.1, -0.05) is 59.6 Å². The van der Waals surface area contributed by atoms with Crippen molar-refractivity contribution in [3.8, 4) is 28.3 Å². The fourth-order valence-electron chi connectivity index (χ4n) is 5.06. The van der Waals surface area contributed by atoms with Gasteiger partial charge in [0, 0.05) is 62.1 Å². The van der Waals surface area contributed by atoms with Crippen molar-refractivity contribution < 1.29 is 19.4 Å². The molecule has 44 heavy (non-hydrogen) atoms. The number of halogens is 2. The summed E-state index contributed by atoms with van der Waals surface area (Å²) in [4.78, 5) is 43.2. The second-order valence-corrected chi connectivity index (χ2v) is 11.1. The van der Waals surface area contributed by atoms with E-state index < -0.39 is 17.6 Å². The van der Waals surface area contributed by atoms with Crippen LogP contribution in [0.15, 0.2) is 65.6 Å². The molecule has 228 valence electrons.